The van der Waals surface area contributed by atoms with E-state index in [1.54, 1.807) is 12.1 Å². The molecule has 0 spiro atoms. The molecule has 2 aromatic rings. The summed E-state index contributed by atoms with van der Waals surface area (Å²) >= 11 is 5.84. The third-order valence-electron chi connectivity index (χ3n) is 3.39. The lowest BCUT2D eigenvalue weighted by atomic mass is 9.97. The van der Waals surface area contributed by atoms with Crippen molar-refractivity contribution in [1.29, 1.82) is 0 Å². The Morgan fingerprint density at radius 3 is 2.43 bits per heavy atom. The molecule has 0 bridgehead atoms. The average Bonchev–Trinajstić information content (AvgIpc) is 2.49. The lowest BCUT2D eigenvalue weighted by Crippen LogP contribution is -2.28. The van der Waals surface area contributed by atoms with Gasteiger partial charge in [-0.1, -0.05) is 54.9 Å². The van der Waals surface area contributed by atoms with Crippen molar-refractivity contribution in [3.63, 3.8) is 0 Å². The number of nitrogens with one attached hydrogen (secondary N) is 1. The van der Waals surface area contributed by atoms with Gasteiger partial charge in [0.05, 0.1) is 4.90 Å². The first kappa shape index (κ1) is 16.0. The molecular formula is C16H18ClNO2S. The monoisotopic (exact) mass is 323 g/mol. The van der Waals surface area contributed by atoms with E-state index in [-0.39, 0.29) is 10.8 Å². The zero-order valence-corrected chi connectivity index (χ0v) is 13.4. The molecule has 21 heavy (non-hydrogen) atoms. The number of rotatable bonds is 6. The molecule has 0 aliphatic carbocycles. The highest BCUT2D eigenvalue weighted by Gasteiger charge is 2.17. The first-order chi connectivity index (χ1) is 10.0. The van der Waals surface area contributed by atoms with Gasteiger partial charge in [-0.05, 0) is 36.1 Å². The zero-order valence-electron chi connectivity index (χ0n) is 11.8. The molecular weight excluding hydrogens is 306 g/mol. The van der Waals surface area contributed by atoms with E-state index >= 15 is 0 Å². The topological polar surface area (TPSA) is 46.2 Å². The first-order valence-electron chi connectivity index (χ1n) is 6.83. The van der Waals surface area contributed by atoms with Crippen molar-refractivity contribution in [1.82, 2.24) is 4.72 Å². The Balaban J connectivity index is 2.11. The lowest BCUT2D eigenvalue weighted by molar-refractivity contribution is 0.566. The van der Waals surface area contributed by atoms with Gasteiger partial charge in [0.15, 0.2) is 0 Å². The van der Waals surface area contributed by atoms with Crippen LogP contribution in [0, 0.1) is 0 Å². The summed E-state index contributed by atoms with van der Waals surface area (Å²) in [6, 6.07) is 16.2. The van der Waals surface area contributed by atoms with Crippen LogP contribution in [-0.4, -0.2) is 15.0 Å². The number of benzene rings is 2. The molecule has 0 aromatic heterocycles. The number of hydrogen-bond donors (Lipinski definition) is 1. The molecule has 0 heterocycles. The lowest BCUT2D eigenvalue weighted by Gasteiger charge is -2.16. The van der Waals surface area contributed by atoms with Gasteiger partial charge >= 0.3 is 0 Å². The maximum absolute atomic E-state index is 12.3. The van der Waals surface area contributed by atoms with Crippen LogP contribution in [0.25, 0.3) is 0 Å². The molecule has 0 saturated heterocycles. The molecule has 1 atom stereocenters. The highest BCUT2D eigenvalue weighted by molar-refractivity contribution is 7.89. The fourth-order valence-electron chi connectivity index (χ4n) is 2.15. The Kier molecular flexibility index (Phi) is 5.39. The van der Waals surface area contributed by atoms with Gasteiger partial charge < -0.3 is 0 Å². The maximum Gasteiger partial charge on any atom is 0.240 e. The van der Waals surface area contributed by atoms with Crippen LogP contribution in [0.1, 0.15) is 24.8 Å². The van der Waals surface area contributed by atoms with E-state index in [1.807, 2.05) is 37.3 Å². The van der Waals surface area contributed by atoms with Crippen LogP contribution in [0.3, 0.4) is 0 Å². The Hall–Kier alpha value is -1.36. The third kappa shape index (κ3) is 4.30. The minimum atomic E-state index is -3.53. The molecule has 0 aliphatic heterocycles. The SMILES string of the molecule is CC[C@@H](CNS(=O)(=O)c1cccc(Cl)c1)c1ccccc1. The van der Waals surface area contributed by atoms with Gasteiger partial charge in [0, 0.05) is 11.6 Å². The summed E-state index contributed by atoms with van der Waals surface area (Å²) in [5, 5.41) is 0.410. The van der Waals surface area contributed by atoms with Crippen LogP contribution in [0.4, 0.5) is 0 Å². The molecule has 2 aromatic carbocycles. The van der Waals surface area contributed by atoms with Gasteiger partial charge in [-0.2, -0.15) is 0 Å². The van der Waals surface area contributed by atoms with Crippen molar-refractivity contribution in [3.8, 4) is 0 Å². The molecule has 5 heteroatoms. The van der Waals surface area contributed by atoms with Gasteiger partial charge in [-0.25, -0.2) is 13.1 Å². The summed E-state index contributed by atoms with van der Waals surface area (Å²) in [6.45, 7) is 2.42. The summed E-state index contributed by atoms with van der Waals surface area (Å²) in [5.74, 6) is 0.153. The second kappa shape index (κ2) is 7.07. The summed E-state index contributed by atoms with van der Waals surface area (Å²) in [4.78, 5) is 0.193. The molecule has 112 valence electrons. The minimum Gasteiger partial charge on any atom is -0.211 e. The normalized spacial score (nSPS) is 13.0. The molecule has 0 radical (unpaired) electrons. The van der Waals surface area contributed by atoms with Gasteiger partial charge in [0.25, 0.3) is 0 Å². The van der Waals surface area contributed by atoms with Gasteiger partial charge in [0.1, 0.15) is 0 Å². The number of sulfonamides is 1. The molecule has 0 saturated carbocycles. The first-order valence-corrected chi connectivity index (χ1v) is 8.69. The van der Waals surface area contributed by atoms with Crippen LogP contribution in [0.5, 0.6) is 0 Å². The Morgan fingerprint density at radius 2 is 1.81 bits per heavy atom. The van der Waals surface area contributed by atoms with Crippen LogP contribution in [0.15, 0.2) is 59.5 Å². The average molecular weight is 324 g/mol. The molecule has 2 rings (SSSR count). The van der Waals surface area contributed by atoms with Crippen molar-refractivity contribution in [2.45, 2.75) is 24.2 Å². The summed E-state index contributed by atoms with van der Waals surface area (Å²) in [6.07, 6.45) is 0.863. The van der Waals surface area contributed by atoms with Crippen molar-refractivity contribution in [3.05, 3.63) is 65.2 Å². The van der Waals surface area contributed by atoms with Crippen LogP contribution in [0.2, 0.25) is 5.02 Å². The second-order valence-electron chi connectivity index (χ2n) is 4.83. The Morgan fingerprint density at radius 1 is 1.10 bits per heavy atom. The fraction of sp³-hybridized carbons (Fsp3) is 0.250. The smallest absolute Gasteiger partial charge is 0.211 e. The molecule has 3 nitrogen and oxygen atoms in total. The molecule has 0 unspecified atom stereocenters. The highest BCUT2D eigenvalue weighted by Crippen LogP contribution is 2.20. The predicted octanol–water partition coefficient (Wildman–Crippen LogP) is 3.81. The molecule has 1 N–H and O–H groups in total. The number of halogens is 1. The van der Waals surface area contributed by atoms with Crippen molar-refractivity contribution >= 4 is 21.6 Å². The van der Waals surface area contributed by atoms with E-state index in [1.165, 1.54) is 12.1 Å². The largest absolute Gasteiger partial charge is 0.240 e. The highest BCUT2D eigenvalue weighted by atomic mass is 35.5. The summed E-state index contributed by atoms with van der Waals surface area (Å²) < 4.78 is 27.2. The Labute approximate surface area is 131 Å². The van der Waals surface area contributed by atoms with E-state index in [0.29, 0.717) is 11.6 Å². The Bertz CT molecular complexity index is 686. The predicted molar refractivity (Wildman–Crippen MR) is 86.1 cm³/mol. The quantitative estimate of drug-likeness (QED) is 0.878. The van der Waals surface area contributed by atoms with Gasteiger partial charge in [-0.3, -0.25) is 0 Å². The fourth-order valence-corrected chi connectivity index (χ4v) is 3.53. The van der Waals surface area contributed by atoms with E-state index in [9.17, 15) is 8.42 Å². The van der Waals surface area contributed by atoms with Crippen molar-refractivity contribution in [2.24, 2.45) is 0 Å². The van der Waals surface area contributed by atoms with E-state index < -0.39 is 10.0 Å². The second-order valence-corrected chi connectivity index (χ2v) is 7.03. The van der Waals surface area contributed by atoms with Gasteiger partial charge in [-0.15, -0.1) is 0 Å². The van der Waals surface area contributed by atoms with Crippen molar-refractivity contribution < 1.29 is 8.42 Å². The number of hydrogen-bond acceptors (Lipinski definition) is 2. The van der Waals surface area contributed by atoms with E-state index in [0.717, 1.165) is 12.0 Å². The van der Waals surface area contributed by atoms with E-state index in [4.69, 9.17) is 11.6 Å². The van der Waals surface area contributed by atoms with Gasteiger partial charge in [0.2, 0.25) is 10.0 Å². The summed E-state index contributed by atoms with van der Waals surface area (Å²) in [5.41, 5.74) is 1.13. The van der Waals surface area contributed by atoms with Crippen LogP contribution in [-0.2, 0) is 10.0 Å². The summed E-state index contributed by atoms with van der Waals surface area (Å²) in [7, 11) is -3.53. The maximum atomic E-state index is 12.3. The van der Waals surface area contributed by atoms with E-state index in [2.05, 4.69) is 4.72 Å². The van der Waals surface area contributed by atoms with Crippen molar-refractivity contribution in [2.75, 3.05) is 6.54 Å². The molecule has 0 amide bonds. The zero-order chi connectivity index (χ0) is 15.3. The molecule has 0 fully saturated rings. The standard InChI is InChI=1S/C16H18ClNO2S/c1-2-13(14-7-4-3-5-8-14)12-18-21(19,20)16-10-6-9-15(17)11-16/h3-11,13,18H,2,12H2,1H3/t13-/m0/s1. The van der Waals surface area contributed by atoms with Crippen LogP contribution < -0.4 is 4.72 Å². The molecule has 0 aliphatic rings. The minimum absolute atomic E-state index is 0.153. The van der Waals surface area contributed by atoms with Crippen LogP contribution >= 0.6 is 11.6 Å². The third-order valence-corrected chi connectivity index (χ3v) is 5.05.